The molecular weight excluding hydrogens is 208 g/mol. The van der Waals surface area contributed by atoms with Crippen molar-refractivity contribution < 1.29 is 0 Å². The van der Waals surface area contributed by atoms with Gasteiger partial charge in [0.25, 0.3) is 0 Å². The van der Waals surface area contributed by atoms with Crippen molar-refractivity contribution in [1.82, 2.24) is 0 Å². The summed E-state index contributed by atoms with van der Waals surface area (Å²) in [6.07, 6.45) is 0. The summed E-state index contributed by atoms with van der Waals surface area (Å²) in [5, 5.41) is 0. The summed E-state index contributed by atoms with van der Waals surface area (Å²) >= 11 is 3.81. The zero-order valence-corrected chi connectivity index (χ0v) is 10.3. The Balaban J connectivity index is 2.28. The number of hydrogen-bond donors (Lipinski definition) is 0. The highest BCUT2D eigenvalue weighted by atomic mass is 32.1. The highest BCUT2D eigenvalue weighted by Crippen LogP contribution is 2.33. The maximum atomic E-state index is 2.29. The van der Waals surface area contributed by atoms with Gasteiger partial charge in [0.05, 0.1) is 0 Å². The van der Waals surface area contributed by atoms with E-state index in [0.717, 1.165) is 0 Å². The van der Waals surface area contributed by atoms with Crippen molar-refractivity contribution in [3.05, 3.63) is 43.8 Å². The molecule has 0 aliphatic carbocycles. The molecule has 2 heterocycles. The summed E-state index contributed by atoms with van der Waals surface area (Å²) in [6, 6.07) is 8.91. The molecule has 0 aliphatic heterocycles. The Hall–Kier alpha value is -0.600. The topological polar surface area (TPSA) is 0 Å². The van der Waals surface area contributed by atoms with Crippen LogP contribution < -0.4 is 0 Å². The lowest BCUT2D eigenvalue weighted by Crippen LogP contribution is -1.87. The Morgan fingerprint density at radius 1 is 0.857 bits per heavy atom. The average molecular weight is 222 g/mol. The minimum Gasteiger partial charge on any atom is -0.145 e. The Bertz CT molecular complexity index is 383. The van der Waals surface area contributed by atoms with Gasteiger partial charge in [-0.1, -0.05) is 6.92 Å². The van der Waals surface area contributed by atoms with Crippen molar-refractivity contribution in [2.24, 2.45) is 0 Å². The lowest BCUT2D eigenvalue weighted by Gasteiger charge is -2.05. The maximum Gasteiger partial charge on any atom is 0.0249 e. The number of aryl methyl sites for hydroxylation is 2. The predicted molar refractivity (Wildman–Crippen MR) is 65.6 cm³/mol. The van der Waals surface area contributed by atoms with Gasteiger partial charge in [-0.3, -0.25) is 0 Å². The number of thiophene rings is 2. The van der Waals surface area contributed by atoms with E-state index in [1.807, 2.05) is 22.7 Å². The first-order valence-corrected chi connectivity index (χ1v) is 6.43. The third-order valence-electron chi connectivity index (χ3n) is 2.38. The van der Waals surface area contributed by atoms with Gasteiger partial charge < -0.3 is 0 Å². The standard InChI is InChI=1S/C12H14S2/c1-8-4-6-11(13-8)10(3)12-7-5-9(2)14-12/h4-7,10H,1-3H3. The maximum absolute atomic E-state index is 2.29. The van der Waals surface area contributed by atoms with Crippen LogP contribution in [0.2, 0.25) is 0 Å². The van der Waals surface area contributed by atoms with Gasteiger partial charge in [-0.15, -0.1) is 22.7 Å². The third-order valence-corrected chi connectivity index (χ3v) is 4.74. The van der Waals surface area contributed by atoms with Gasteiger partial charge >= 0.3 is 0 Å². The number of hydrogen-bond acceptors (Lipinski definition) is 2. The van der Waals surface area contributed by atoms with Crippen molar-refractivity contribution in [3.8, 4) is 0 Å². The SMILES string of the molecule is Cc1ccc(C(C)c2ccc(C)s2)s1. The molecule has 0 amide bonds. The molecule has 0 N–H and O–H groups in total. The van der Waals surface area contributed by atoms with Gasteiger partial charge in [0, 0.05) is 25.4 Å². The second-order valence-corrected chi connectivity index (χ2v) is 6.26. The van der Waals surface area contributed by atoms with Crippen LogP contribution in [0.15, 0.2) is 24.3 Å². The van der Waals surface area contributed by atoms with Crippen LogP contribution in [0.4, 0.5) is 0 Å². The summed E-state index contributed by atoms with van der Waals surface area (Å²) in [7, 11) is 0. The fourth-order valence-corrected chi connectivity index (χ4v) is 3.48. The summed E-state index contributed by atoms with van der Waals surface area (Å²) in [4.78, 5) is 5.76. The molecule has 0 saturated heterocycles. The fourth-order valence-electron chi connectivity index (χ4n) is 1.51. The van der Waals surface area contributed by atoms with E-state index in [4.69, 9.17) is 0 Å². The fraction of sp³-hybridized carbons (Fsp3) is 0.333. The summed E-state index contributed by atoms with van der Waals surface area (Å²) in [5.41, 5.74) is 0. The molecule has 2 aromatic heterocycles. The zero-order chi connectivity index (χ0) is 10.1. The van der Waals surface area contributed by atoms with Crippen LogP contribution in [0.3, 0.4) is 0 Å². The molecule has 0 aromatic carbocycles. The molecule has 14 heavy (non-hydrogen) atoms. The van der Waals surface area contributed by atoms with Crippen molar-refractivity contribution >= 4 is 22.7 Å². The van der Waals surface area contributed by atoms with Crippen molar-refractivity contribution in [2.75, 3.05) is 0 Å². The highest BCUT2D eigenvalue weighted by Gasteiger charge is 2.11. The van der Waals surface area contributed by atoms with E-state index < -0.39 is 0 Å². The normalized spacial score (nSPS) is 11.1. The quantitative estimate of drug-likeness (QED) is 0.698. The van der Waals surface area contributed by atoms with Gasteiger partial charge in [-0.05, 0) is 38.1 Å². The number of rotatable bonds is 2. The smallest absolute Gasteiger partial charge is 0.0249 e. The molecular formula is C12H14S2. The van der Waals surface area contributed by atoms with E-state index in [1.165, 1.54) is 19.5 Å². The minimum atomic E-state index is 0.562. The Morgan fingerprint density at radius 2 is 1.29 bits per heavy atom. The van der Waals surface area contributed by atoms with Crippen molar-refractivity contribution in [2.45, 2.75) is 26.7 Å². The van der Waals surface area contributed by atoms with Crippen molar-refractivity contribution in [1.29, 1.82) is 0 Å². The molecule has 2 rings (SSSR count). The van der Waals surface area contributed by atoms with Crippen LogP contribution >= 0.6 is 22.7 Å². The Labute approximate surface area is 93.2 Å². The van der Waals surface area contributed by atoms with Gasteiger partial charge in [0.2, 0.25) is 0 Å². The molecule has 0 aliphatic rings. The van der Waals surface area contributed by atoms with Crippen LogP contribution in [0.5, 0.6) is 0 Å². The van der Waals surface area contributed by atoms with Crippen molar-refractivity contribution in [3.63, 3.8) is 0 Å². The van der Waals surface area contributed by atoms with Crippen LogP contribution in [0, 0.1) is 13.8 Å². The minimum absolute atomic E-state index is 0.562. The second-order valence-electron chi connectivity index (χ2n) is 3.62. The van der Waals surface area contributed by atoms with E-state index in [-0.39, 0.29) is 0 Å². The van der Waals surface area contributed by atoms with E-state index >= 15 is 0 Å². The molecule has 0 spiro atoms. The highest BCUT2D eigenvalue weighted by molar-refractivity contribution is 7.13. The largest absolute Gasteiger partial charge is 0.145 e. The monoisotopic (exact) mass is 222 g/mol. The van der Waals surface area contributed by atoms with Crippen LogP contribution in [0.1, 0.15) is 32.4 Å². The first-order chi connectivity index (χ1) is 6.66. The zero-order valence-electron chi connectivity index (χ0n) is 8.70. The van der Waals surface area contributed by atoms with Crippen LogP contribution in [-0.4, -0.2) is 0 Å². The first kappa shape index (κ1) is 9.94. The molecule has 0 fully saturated rings. The van der Waals surface area contributed by atoms with Crippen LogP contribution in [0.25, 0.3) is 0 Å². The molecule has 74 valence electrons. The molecule has 0 radical (unpaired) electrons. The van der Waals surface area contributed by atoms with E-state index in [2.05, 4.69) is 45.0 Å². The second kappa shape index (κ2) is 3.87. The summed E-state index contributed by atoms with van der Waals surface area (Å²) in [5.74, 6) is 0.562. The van der Waals surface area contributed by atoms with E-state index in [1.54, 1.807) is 0 Å². The Kier molecular flexibility index (Phi) is 2.75. The average Bonchev–Trinajstić information content (AvgIpc) is 2.73. The molecule has 2 heteroatoms. The van der Waals surface area contributed by atoms with E-state index in [9.17, 15) is 0 Å². The summed E-state index contributed by atoms with van der Waals surface area (Å²) < 4.78 is 0. The molecule has 0 bridgehead atoms. The molecule has 0 atom stereocenters. The van der Waals surface area contributed by atoms with E-state index in [0.29, 0.717) is 5.92 Å². The molecule has 0 nitrogen and oxygen atoms in total. The molecule has 2 aromatic rings. The third kappa shape index (κ3) is 1.91. The lowest BCUT2D eigenvalue weighted by atomic mass is 10.1. The summed E-state index contributed by atoms with van der Waals surface area (Å²) in [6.45, 7) is 6.62. The molecule has 0 saturated carbocycles. The van der Waals surface area contributed by atoms with Gasteiger partial charge in [-0.2, -0.15) is 0 Å². The Morgan fingerprint density at radius 3 is 1.57 bits per heavy atom. The van der Waals surface area contributed by atoms with Gasteiger partial charge in [-0.25, -0.2) is 0 Å². The van der Waals surface area contributed by atoms with Gasteiger partial charge in [0.15, 0.2) is 0 Å². The molecule has 0 unspecified atom stereocenters. The predicted octanol–water partition coefficient (Wildman–Crippen LogP) is 4.58. The van der Waals surface area contributed by atoms with Gasteiger partial charge in [0.1, 0.15) is 0 Å². The van der Waals surface area contributed by atoms with Crippen LogP contribution in [-0.2, 0) is 0 Å². The lowest BCUT2D eigenvalue weighted by molar-refractivity contribution is 0.976. The first-order valence-electron chi connectivity index (χ1n) is 4.79.